The Balaban J connectivity index is 1.43. The Morgan fingerprint density at radius 2 is 2.00 bits per heavy atom. The van der Waals surface area contributed by atoms with Crippen molar-refractivity contribution in [3.05, 3.63) is 30.1 Å². The Labute approximate surface area is 150 Å². The highest BCUT2D eigenvalue weighted by molar-refractivity contribution is 5.94. The quantitative estimate of drug-likeness (QED) is 0.873. The van der Waals surface area contributed by atoms with Crippen molar-refractivity contribution in [2.45, 2.75) is 44.7 Å². The zero-order chi connectivity index (χ0) is 18.1. The van der Waals surface area contributed by atoms with Crippen LogP contribution in [0.4, 0.5) is 16.2 Å². The second-order valence-electron chi connectivity index (χ2n) is 6.72. The first-order chi connectivity index (χ1) is 12.6. The molecule has 1 atom stereocenters. The van der Waals surface area contributed by atoms with E-state index in [-0.39, 0.29) is 18.0 Å². The summed E-state index contributed by atoms with van der Waals surface area (Å²) in [5.41, 5.74) is 1.56. The highest BCUT2D eigenvalue weighted by Crippen LogP contribution is 2.33. The number of amides is 3. The minimum Gasteiger partial charge on any atom is -0.314 e. The van der Waals surface area contributed by atoms with Crippen molar-refractivity contribution in [3.8, 4) is 0 Å². The van der Waals surface area contributed by atoms with Gasteiger partial charge >= 0.3 is 6.03 Å². The molecule has 1 aliphatic heterocycles. The third-order valence-corrected chi connectivity index (χ3v) is 4.82. The molecular weight excluding hydrogens is 334 g/mol. The predicted molar refractivity (Wildman–Crippen MR) is 94.5 cm³/mol. The number of nitrogens with one attached hydrogen (secondary N) is 2. The molecule has 0 spiro atoms. The average molecular weight is 355 g/mol. The number of hydrogen-bond donors (Lipinski definition) is 2. The molecule has 2 aromatic rings. The second kappa shape index (κ2) is 6.74. The molecule has 26 heavy (non-hydrogen) atoms. The molecule has 2 aliphatic rings. The van der Waals surface area contributed by atoms with Gasteiger partial charge in [0.1, 0.15) is 0 Å². The molecule has 1 saturated carbocycles. The summed E-state index contributed by atoms with van der Waals surface area (Å²) >= 11 is 0. The van der Waals surface area contributed by atoms with Crippen LogP contribution in [0.25, 0.3) is 0 Å². The summed E-state index contributed by atoms with van der Waals surface area (Å²) in [5.74, 6) is 0.582. The van der Waals surface area contributed by atoms with Crippen molar-refractivity contribution >= 4 is 23.3 Å². The number of nitrogens with zero attached hydrogens (tertiary/aromatic N) is 5. The molecule has 2 fully saturated rings. The Bertz CT molecular complexity index is 786. The van der Waals surface area contributed by atoms with Crippen LogP contribution in [0, 0.1) is 0 Å². The molecule has 3 amide bonds. The van der Waals surface area contributed by atoms with Crippen molar-refractivity contribution in [3.63, 3.8) is 0 Å². The van der Waals surface area contributed by atoms with E-state index in [2.05, 4.69) is 25.9 Å². The number of anilines is 2. The van der Waals surface area contributed by atoms with E-state index in [0.29, 0.717) is 24.1 Å². The molecule has 0 bridgehead atoms. The van der Waals surface area contributed by atoms with Gasteiger partial charge in [-0.25, -0.2) is 4.79 Å². The highest BCUT2D eigenvalue weighted by atomic mass is 16.2. The minimum absolute atomic E-state index is 0.0457. The van der Waals surface area contributed by atoms with Crippen molar-refractivity contribution in [1.82, 2.24) is 25.5 Å². The average Bonchev–Trinajstić information content (AvgIpc) is 3.12. The van der Waals surface area contributed by atoms with Crippen LogP contribution in [-0.4, -0.2) is 50.0 Å². The first-order valence-corrected chi connectivity index (χ1v) is 8.84. The van der Waals surface area contributed by atoms with E-state index in [1.165, 1.54) is 0 Å². The lowest BCUT2D eigenvalue weighted by atomic mass is 10.2. The maximum absolute atomic E-state index is 12.6. The lowest BCUT2D eigenvalue weighted by molar-refractivity contribution is -0.116. The number of H-pyrrole nitrogens is 1. The number of aromatic amines is 1. The molecule has 9 heteroatoms. The van der Waals surface area contributed by atoms with E-state index >= 15 is 0 Å². The molecule has 1 aliphatic carbocycles. The van der Waals surface area contributed by atoms with E-state index in [0.717, 1.165) is 31.4 Å². The monoisotopic (exact) mass is 355 g/mol. The standard InChI is InChI=1S/C17H21N7O2/c1-11(25)24(14-8-9-14)13-6-4-12(5-7-13)18-17(26)23-10-2-3-15(23)16-19-21-22-20-16/h4-7,14-15H,2-3,8-10H2,1H3,(H,18,26)(H,19,20,21,22). The number of benzene rings is 1. The zero-order valence-electron chi connectivity index (χ0n) is 14.6. The van der Waals surface area contributed by atoms with Gasteiger partial charge in [-0.05, 0) is 49.9 Å². The number of aromatic nitrogens is 4. The number of urea groups is 1. The van der Waals surface area contributed by atoms with Crippen LogP contribution in [0.1, 0.15) is 44.5 Å². The van der Waals surface area contributed by atoms with E-state index in [4.69, 9.17) is 0 Å². The van der Waals surface area contributed by atoms with E-state index < -0.39 is 0 Å². The summed E-state index contributed by atoms with van der Waals surface area (Å²) in [4.78, 5) is 28.0. The van der Waals surface area contributed by atoms with Crippen molar-refractivity contribution in [2.75, 3.05) is 16.8 Å². The van der Waals surface area contributed by atoms with Gasteiger partial charge in [-0.15, -0.1) is 10.2 Å². The van der Waals surface area contributed by atoms with Gasteiger partial charge in [-0.3, -0.25) is 4.79 Å². The maximum atomic E-state index is 12.6. The predicted octanol–water partition coefficient (Wildman–Crippen LogP) is 2.08. The number of tetrazole rings is 1. The number of likely N-dealkylation sites (tertiary alicyclic amines) is 1. The van der Waals surface area contributed by atoms with Gasteiger partial charge in [-0.2, -0.15) is 5.21 Å². The molecule has 2 N–H and O–H groups in total. The van der Waals surface area contributed by atoms with Gasteiger partial charge in [0, 0.05) is 30.9 Å². The van der Waals surface area contributed by atoms with Crippen LogP contribution >= 0.6 is 0 Å². The third-order valence-electron chi connectivity index (χ3n) is 4.82. The number of carbonyl (C=O) groups excluding carboxylic acids is 2. The van der Waals surface area contributed by atoms with Gasteiger partial charge in [0.15, 0.2) is 5.82 Å². The summed E-state index contributed by atoms with van der Waals surface area (Å²) in [6.45, 7) is 2.24. The van der Waals surface area contributed by atoms with Crippen LogP contribution in [0.15, 0.2) is 24.3 Å². The molecule has 4 rings (SSSR count). The lowest BCUT2D eigenvalue weighted by Crippen LogP contribution is -2.35. The summed E-state index contributed by atoms with van der Waals surface area (Å²) < 4.78 is 0. The Kier molecular flexibility index (Phi) is 4.27. The van der Waals surface area contributed by atoms with Gasteiger partial charge < -0.3 is 15.1 Å². The number of carbonyl (C=O) groups is 2. The van der Waals surface area contributed by atoms with Crippen molar-refractivity contribution in [1.29, 1.82) is 0 Å². The molecule has 2 heterocycles. The van der Waals surface area contributed by atoms with Gasteiger partial charge in [0.05, 0.1) is 6.04 Å². The van der Waals surface area contributed by atoms with Crippen LogP contribution < -0.4 is 10.2 Å². The van der Waals surface area contributed by atoms with Crippen molar-refractivity contribution < 1.29 is 9.59 Å². The third kappa shape index (κ3) is 3.24. The number of rotatable bonds is 4. The first kappa shape index (κ1) is 16.5. The summed E-state index contributed by atoms with van der Waals surface area (Å²) in [5, 5.41) is 16.9. The lowest BCUT2D eigenvalue weighted by Gasteiger charge is -2.23. The van der Waals surface area contributed by atoms with Crippen LogP contribution in [-0.2, 0) is 4.79 Å². The van der Waals surface area contributed by atoms with Crippen LogP contribution in [0.3, 0.4) is 0 Å². The smallest absolute Gasteiger partial charge is 0.314 e. The SMILES string of the molecule is CC(=O)N(c1ccc(NC(=O)N2CCCC2c2nn[nH]n2)cc1)C1CC1. The summed E-state index contributed by atoms with van der Waals surface area (Å²) in [7, 11) is 0. The molecule has 1 aromatic heterocycles. The van der Waals surface area contributed by atoms with Gasteiger partial charge in [0.25, 0.3) is 0 Å². The van der Waals surface area contributed by atoms with E-state index in [1.807, 2.05) is 29.2 Å². The van der Waals surface area contributed by atoms with Crippen molar-refractivity contribution in [2.24, 2.45) is 0 Å². The van der Waals surface area contributed by atoms with Crippen LogP contribution in [0.5, 0.6) is 0 Å². The van der Waals surface area contributed by atoms with Crippen LogP contribution in [0.2, 0.25) is 0 Å². The second-order valence-corrected chi connectivity index (χ2v) is 6.72. The van der Waals surface area contributed by atoms with Gasteiger partial charge in [-0.1, -0.05) is 5.21 Å². The first-order valence-electron chi connectivity index (χ1n) is 8.84. The van der Waals surface area contributed by atoms with E-state index in [9.17, 15) is 9.59 Å². The summed E-state index contributed by atoms with van der Waals surface area (Å²) in [6, 6.07) is 7.36. The minimum atomic E-state index is -0.185. The largest absolute Gasteiger partial charge is 0.322 e. The zero-order valence-corrected chi connectivity index (χ0v) is 14.6. The molecule has 136 valence electrons. The maximum Gasteiger partial charge on any atom is 0.322 e. The Morgan fingerprint density at radius 3 is 2.62 bits per heavy atom. The molecule has 1 aromatic carbocycles. The fraction of sp³-hybridized carbons (Fsp3) is 0.471. The number of hydrogen-bond acceptors (Lipinski definition) is 5. The highest BCUT2D eigenvalue weighted by Gasteiger charge is 2.33. The fourth-order valence-corrected chi connectivity index (χ4v) is 3.47. The summed E-state index contributed by atoms with van der Waals surface area (Å²) in [6.07, 6.45) is 3.82. The molecule has 0 radical (unpaired) electrons. The molecule has 9 nitrogen and oxygen atoms in total. The van der Waals surface area contributed by atoms with Gasteiger partial charge in [0.2, 0.25) is 5.91 Å². The topological polar surface area (TPSA) is 107 Å². The Hall–Kier alpha value is -2.97. The Morgan fingerprint density at radius 1 is 1.23 bits per heavy atom. The molecule has 1 unspecified atom stereocenters. The van der Waals surface area contributed by atoms with E-state index in [1.54, 1.807) is 11.8 Å². The molecule has 1 saturated heterocycles. The fourth-order valence-electron chi connectivity index (χ4n) is 3.47. The normalized spacial score (nSPS) is 19.4. The molecular formula is C17H21N7O2.